The number of para-hydroxylation sites is 4. The van der Waals surface area contributed by atoms with Crippen LogP contribution < -0.4 is 0 Å². The van der Waals surface area contributed by atoms with Crippen LogP contribution in [0.3, 0.4) is 0 Å². The van der Waals surface area contributed by atoms with Crippen molar-refractivity contribution in [2.75, 3.05) is 0 Å². The number of fused-ring (bicyclic) bond motifs is 3. The van der Waals surface area contributed by atoms with Crippen LogP contribution in [0.15, 0.2) is 194 Å². The third-order valence-corrected chi connectivity index (χ3v) is 10.3. The second-order valence-electron chi connectivity index (χ2n) is 13.7. The summed E-state index contributed by atoms with van der Waals surface area (Å²) in [6.07, 6.45) is 3.68. The number of phenols is 1. The molecule has 0 spiro atoms. The molecule has 0 unspecified atom stereocenters. The van der Waals surface area contributed by atoms with Crippen LogP contribution in [0, 0.1) is 6.07 Å². The number of nitrogens with zero attached hydrogens (tertiary/aromatic N) is 4. The molecule has 274 valence electrons. The zero-order valence-electron chi connectivity index (χ0n) is 30.5. The summed E-state index contributed by atoms with van der Waals surface area (Å²) in [5.74, 6) is 0.168. The van der Waals surface area contributed by atoms with Gasteiger partial charge < -0.3 is 9.67 Å². The maximum absolute atomic E-state index is 11.0. The Kier molecular flexibility index (Phi) is 9.59. The van der Waals surface area contributed by atoms with Crippen molar-refractivity contribution in [3.05, 3.63) is 200 Å². The van der Waals surface area contributed by atoms with E-state index < -0.39 is 0 Å². The standard InChI is InChI=1S/C51H33N4O.Pt/c56-50-24-10-8-19-43(50)47-32-37(34-14-3-1-4-15-34)33-48(54-47)44-30-36(25-26-40(44)45-22-11-12-28-52-45)46-31-35(27-29-53-46)39-20-13-21-42-41-18-7-9-23-49(41)55(51(39)42)38-16-5-2-6-17-38;/h1-29,31-33,56H;/q-1;. The molecule has 0 saturated carbocycles. The summed E-state index contributed by atoms with van der Waals surface area (Å²) < 4.78 is 2.36. The van der Waals surface area contributed by atoms with Crippen molar-refractivity contribution in [3.63, 3.8) is 0 Å². The number of benzene rings is 6. The zero-order valence-corrected chi connectivity index (χ0v) is 32.8. The first kappa shape index (κ1) is 35.7. The number of aromatic nitrogens is 4. The molecule has 0 bridgehead atoms. The van der Waals surface area contributed by atoms with Gasteiger partial charge in [0.25, 0.3) is 0 Å². The molecule has 1 N–H and O–H groups in total. The van der Waals surface area contributed by atoms with E-state index in [2.05, 4.69) is 126 Å². The van der Waals surface area contributed by atoms with Gasteiger partial charge in [0, 0.05) is 78.1 Å². The van der Waals surface area contributed by atoms with Crippen molar-refractivity contribution < 1.29 is 26.2 Å². The van der Waals surface area contributed by atoms with Crippen LogP contribution in [0.4, 0.5) is 0 Å². The first-order valence-electron chi connectivity index (χ1n) is 18.6. The Balaban J connectivity index is 0.00000422. The first-order chi connectivity index (χ1) is 27.7. The summed E-state index contributed by atoms with van der Waals surface area (Å²) >= 11 is 0. The molecular weight excluding hydrogens is 880 g/mol. The van der Waals surface area contributed by atoms with Crippen LogP contribution in [0.25, 0.3) is 94.8 Å². The van der Waals surface area contributed by atoms with E-state index in [1.54, 1.807) is 12.3 Å². The monoisotopic (exact) mass is 912 g/mol. The average Bonchev–Trinajstić information content (AvgIpc) is 3.62. The molecule has 10 rings (SSSR count). The van der Waals surface area contributed by atoms with Gasteiger partial charge in [0.15, 0.2) is 0 Å². The van der Waals surface area contributed by atoms with Crippen molar-refractivity contribution in [2.24, 2.45) is 0 Å². The van der Waals surface area contributed by atoms with Crippen molar-refractivity contribution in [1.29, 1.82) is 0 Å². The van der Waals surface area contributed by atoms with Gasteiger partial charge in [-0.3, -0.25) is 15.0 Å². The van der Waals surface area contributed by atoms with Gasteiger partial charge in [0.1, 0.15) is 5.75 Å². The second kappa shape index (κ2) is 15.3. The molecule has 0 aliphatic heterocycles. The van der Waals surface area contributed by atoms with Crippen molar-refractivity contribution in [2.45, 2.75) is 0 Å². The van der Waals surface area contributed by atoms with Gasteiger partial charge in [-0.05, 0) is 71.3 Å². The van der Waals surface area contributed by atoms with Gasteiger partial charge in [-0.15, -0.1) is 18.2 Å². The van der Waals surface area contributed by atoms with E-state index in [1.807, 2.05) is 66.9 Å². The van der Waals surface area contributed by atoms with E-state index >= 15 is 0 Å². The molecule has 6 heteroatoms. The number of rotatable bonds is 7. The number of aromatic hydroxyl groups is 1. The molecule has 5 nitrogen and oxygen atoms in total. The SMILES string of the molecule is Oc1ccccc1-c1cc(-c2ccccc2)cc(-c2[c-]c(-c3cc(-c4cccc5c6ccccc6n(-c6ccccc6)c45)ccn3)ccc2-c2ccccn2)n1.[Pt]. The minimum atomic E-state index is 0. The molecule has 10 aromatic rings. The van der Waals surface area contributed by atoms with Crippen LogP contribution in [-0.2, 0) is 21.1 Å². The number of pyridine rings is 3. The summed E-state index contributed by atoms with van der Waals surface area (Å²) in [6, 6.07) is 65.4. The fraction of sp³-hybridized carbons (Fsp3) is 0. The van der Waals surface area contributed by atoms with Crippen molar-refractivity contribution >= 4 is 21.8 Å². The molecule has 0 radical (unpaired) electrons. The average molecular weight is 913 g/mol. The normalized spacial score (nSPS) is 11.1. The van der Waals surface area contributed by atoms with E-state index in [-0.39, 0.29) is 26.8 Å². The maximum atomic E-state index is 11.0. The predicted octanol–water partition coefficient (Wildman–Crippen LogP) is 12.5. The summed E-state index contributed by atoms with van der Waals surface area (Å²) in [5, 5.41) is 13.4. The summed E-state index contributed by atoms with van der Waals surface area (Å²) in [6.45, 7) is 0. The van der Waals surface area contributed by atoms with Crippen molar-refractivity contribution in [3.8, 4) is 78.7 Å². The molecule has 0 atom stereocenters. The van der Waals surface area contributed by atoms with E-state index in [9.17, 15) is 5.11 Å². The fourth-order valence-electron chi connectivity index (χ4n) is 7.71. The quantitative estimate of drug-likeness (QED) is 0.162. The van der Waals surface area contributed by atoms with Gasteiger partial charge in [0.2, 0.25) is 0 Å². The molecule has 6 aromatic carbocycles. The molecule has 0 aliphatic rings. The molecule has 0 amide bonds. The fourth-order valence-corrected chi connectivity index (χ4v) is 7.71. The zero-order chi connectivity index (χ0) is 37.4. The molecule has 4 heterocycles. The Morgan fingerprint density at radius 2 is 1.14 bits per heavy atom. The Labute approximate surface area is 344 Å². The van der Waals surface area contributed by atoms with E-state index in [1.165, 1.54) is 10.8 Å². The molecule has 0 fully saturated rings. The van der Waals surface area contributed by atoms with Gasteiger partial charge in [-0.1, -0.05) is 132 Å². The van der Waals surface area contributed by atoms with Gasteiger partial charge >= 0.3 is 0 Å². The van der Waals surface area contributed by atoms with Crippen LogP contribution in [-0.4, -0.2) is 24.6 Å². The third kappa shape index (κ3) is 6.62. The third-order valence-electron chi connectivity index (χ3n) is 10.3. The minimum absolute atomic E-state index is 0. The van der Waals surface area contributed by atoms with Crippen LogP contribution in [0.2, 0.25) is 0 Å². The Morgan fingerprint density at radius 1 is 0.456 bits per heavy atom. The second-order valence-corrected chi connectivity index (χ2v) is 13.7. The van der Waals surface area contributed by atoms with Crippen molar-refractivity contribution in [1.82, 2.24) is 19.5 Å². The summed E-state index contributed by atoms with van der Waals surface area (Å²) in [4.78, 5) is 14.8. The Bertz CT molecular complexity index is 3040. The minimum Gasteiger partial charge on any atom is -0.507 e. The van der Waals surface area contributed by atoms with Gasteiger partial charge in [-0.25, -0.2) is 0 Å². The van der Waals surface area contributed by atoms with E-state index in [0.29, 0.717) is 17.0 Å². The summed E-state index contributed by atoms with van der Waals surface area (Å²) in [7, 11) is 0. The Morgan fingerprint density at radius 3 is 1.96 bits per heavy atom. The smallest absolute Gasteiger partial charge is 0.124 e. The Hall–Kier alpha value is -6.94. The molecule has 0 saturated heterocycles. The van der Waals surface area contributed by atoms with Gasteiger partial charge in [0.05, 0.1) is 16.7 Å². The largest absolute Gasteiger partial charge is 0.507 e. The predicted molar refractivity (Wildman–Crippen MR) is 227 cm³/mol. The molecule has 57 heavy (non-hydrogen) atoms. The number of hydrogen-bond donors (Lipinski definition) is 1. The van der Waals surface area contributed by atoms with E-state index in [4.69, 9.17) is 15.0 Å². The van der Waals surface area contributed by atoms with Crippen LogP contribution >= 0.6 is 0 Å². The molecule has 0 aliphatic carbocycles. The van der Waals surface area contributed by atoms with Crippen LogP contribution in [0.1, 0.15) is 0 Å². The number of phenolic OH excluding ortho intramolecular Hbond substituents is 1. The summed E-state index contributed by atoms with van der Waals surface area (Å²) in [5.41, 5.74) is 13.7. The van der Waals surface area contributed by atoms with Crippen LogP contribution in [0.5, 0.6) is 5.75 Å². The topological polar surface area (TPSA) is 63.8 Å². The maximum Gasteiger partial charge on any atom is 0.124 e. The molecular formula is C51H33N4OPt-. The first-order valence-corrected chi connectivity index (χ1v) is 18.6. The number of hydrogen-bond acceptors (Lipinski definition) is 4. The molecule has 4 aromatic heterocycles. The van der Waals surface area contributed by atoms with Gasteiger partial charge in [-0.2, -0.15) is 0 Å². The van der Waals surface area contributed by atoms with E-state index in [0.717, 1.165) is 67.1 Å².